The summed E-state index contributed by atoms with van der Waals surface area (Å²) >= 11 is 8.70. The molecule has 34 heavy (non-hydrogen) atoms. The minimum Gasteiger partial charge on any atom is -0.493 e. The van der Waals surface area contributed by atoms with Gasteiger partial charge in [0.2, 0.25) is 0 Å². The van der Waals surface area contributed by atoms with Gasteiger partial charge in [0.1, 0.15) is 17.1 Å². The van der Waals surface area contributed by atoms with Crippen LogP contribution in [0.1, 0.15) is 5.56 Å². The van der Waals surface area contributed by atoms with Crippen molar-refractivity contribution in [2.75, 3.05) is 19.1 Å². The largest absolute Gasteiger partial charge is 0.493 e. The average Bonchev–Trinajstić information content (AvgIpc) is 2.83. The van der Waals surface area contributed by atoms with Crippen LogP contribution in [0.2, 0.25) is 0 Å². The van der Waals surface area contributed by atoms with Crippen LogP contribution in [0.25, 0.3) is 6.08 Å². The number of benzene rings is 3. The number of carbonyl (C=O) groups is 2. The molecule has 1 fully saturated rings. The van der Waals surface area contributed by atoms with E-state index in [-0.39, 0.29) is 10.7 Å². The van der Waals surface area contributed by atoms with Gasteiger partial charge in [-0.05, 0) is 66.8 Å². The van der Waals surface area contributed by atoms with Gasteiger partial charge in [-0.3, -0.25) is 19.8 Å². The van der Waals surface area contributed by atoms with Crippen LogP contribution in [0.4, 0.5) is 5.69 Å². The van der Waals surface area contributed by atoms with Gasteiger partial charge >= 0.3 is 0 Å². The smallest absolute Gasteiger partial charge is 0.270 e. The van der Waals surface area contributed by atoms with Crippen LogP contribution in [0, 0.1) is 0 Å². The van der Waals surface area contributed by atoms with Gasteiger partial charge in [0.15, 0.2) is 16.6 Å². The van der Waals surface area contributed by atoms with Crippen molar-refractivity contribution in [3.8, 4) is 23.0 Å². The Bertz CT molecular complexity index is 1290. The lowest BCUT2D eigenvalue weighted by atomic mass is 10.1. The Morgan fingerprint density at radius 1 is 0.941 bits per heavy atom. The normalized spacial score (nSPS) is 14.7. The maximum atomic E-state index is 13.4. The number of rotatable bonds is 6. The number of amides is 2. The molecule has 0 unspecified atom stereocenters. The average molecular weight is 539 g/mol. The second-order valence-corrected chi connectivity index (χ2v) is 8.40. The number of anilines is 1. The predicted molar refractivity (Wildman–Crippen MR) is 136 cm³/mol. The Morgan fingerprint density at radius 2 is 1.62 bits per heavy atom. The zero-order valence-electron chi connectivity index (χ0n) is 18.2. The van der Waals surface area contributed by atoms with Crippen LogP contribution in [-0.2, 0) is 9.59 Å². The second-order valence-electron chi connectivity index (χ2n) is 7.10. The molecule has 0 saturated carbocycles. The van der Waals surface area contributed by atoms with Crippen LogP contribution in [0.3, 0.4) is 0 Å². The lowest BCUT2D eigenvalue weighted by Crippen LogP contribution is -2.54. The first-order chi connectivity index (χ1) is 16.4. The summed E-state index contributed by atoms with van der Waals surface area (Å²) in [6, 6.07) is 19.6. The summed E-state index contributed by atoms with van der Waals surface area (Å²) in [7, 11) is 2.99. The second kappa shape index (κ2) is 10.1. The lowest BCUT2D eigenvalue weighted by Gasteiger charge is -2.29. The predicted octanol–water partition coefficient (Wildman–Crippen LogP) is 5.09. The number of hydrogen-bond donors (Lipinski definition) is 1. The van der Waals surface area contributed by atoms with E-state index in [1.54, 1.807) is 36.4 Å². The molecule has 172 valence electrons. The van der Waals surface area contributed by atoms with Gasteiger partial charge in [0, 0.05) is 10.0 Å². The fourth-order valence-electron chi connectivity index (χ4n) is 3.40. The minimum absolute atomic E-state index is 0.0114. The number of halogens is 1. The first-order valence-corrected chi connectivity index (χ1v) is 11.3. The molecule has 1 aliphatic rings. The molecule has 0 aromatic heterocycles. The van der Waals surface area contributed by atoms with Gasteiger partial charge in [-0.2, -0.15) is 0 Å². The zero-order chi connectivity index (χ0) is 24.2. The Morgan fingerprint density at radius 3 is 2.26 bits per heavy atom. The van der Waals surface area contributed by atoms with E-state index in [0.717, 1.165) is 0 Å². The minimum atomic E-state index is -0.601. The molecule has 0 aliphatic carbocycles. The molecule has 1 heterocycles. The highest BCUT2D eigenvalue weighted by Crippen LogP contribution is 2.36. The third-order valence-electron chi connectivity index (χ3n) is 4.95. The van der Waals surface area contributed by atoms with Crippen molar-refractivity contribution >= 4 is 56.8 Å². The molecule has 1 saturated heterocycles. The highest BCUT2D eigenvalue weighted by molar-refractivity contribution is 9.10. The number of nitrogens with zero attached hydrogens (tertiary/aromatic N) is 1. The highest BCUT2D eigenvalue weighted by Gasteiger charge is 2.35. The number of hydrogen-bond acceptors (Lipinski definition) is 6. The van der Waals surface area contributed by atoms with E-state index in [1.807, 2.05) is 30.3 Å². The van der Waals surface area contributed by atoms with Crippen LogP contribution < -0.4 is 24.4 Å². The third-order valence-corrected chi connectivity index (χ3v) is 5.69. The molecule has 9 heteroatoms. The molecule has 7 nitrogen and oxygen atoms in total. The van der Waals surface area contributed by atoms with Crippen LogP contribution in [-0.4, -0.2) is 31.1 Å². The highest BCUT2D eigenvalue weighted by atomic mass is 79.9. The zero-order valence-corrected chi connectivity index (χ0v) is 20.6. The molecular formula is C25H19BrN2O5S. The molecule has 2 amide bonds. The van der Waals surface area contributed by atoms with Gasteiger partial charge < -0.3 is 14.2 Å². The monoisotopic (exact) mass is 538 g/mol. The van der Waals surface area contributed by atoms with Crippen molar-refractivity contribution in [2.24, 2.45) is 0 Å². The van der Waals surface area contributed by atoms with E-state index < -0.39 is 11.8 Å². The first kappa shape index (κ1) is 23.5. The van der Waals surface area contributed by atoms with Crippen LogP contribution in [0.5, 0.6) is 23.0 Å². The topological polar surface area (TPSA) is 77.1 Å². The SMILES string of the molecule is COc1cc(Br)cc(/C=C2\C(=O)NC(=S)N(c3ccc(Oc4ccccc4)cc3)C2=O)c1OC. The molecule has 3 aromatic rings. The Hall–Kier alpha value is -3.69. The Balaban J connectivity index is 1.66. The van der Waals surface area contributed by atoms with Crippen LogP contribution in [0.15, 0.2) is 76.8 Å². The quantitative estimate of drug-likeness (QED) is 0.267. The van der Waals surface area contributed by atoms with Crippen molar-refractivity contribution < 1.29 is 23.8 Å². The van der Waals surface area contributed by atoms with Crippen molar-refractivity contribution in [1.29, 1.82) is 0 Å². The number of methoxy groups -OCH3 is 2. The molecule has 0 atom stereocenters. The number of nitrogens with one attached hydrogen (secondary N) is 1. The van der Waals surface area contributed by atoms with Crippen molar-refractivity contribution in [1.82, 2.24) is 5.32 Å². The summed E-state index contributed by atoms with van der Waals surface area (Å²) in [5.74, 6) is 0.962. The summed E-state index contributed by atoms with van der Waals surface area (Å²) in [4.78, 5) is 27.3. The summed E-state index contributed by atoms with van der Waals surface area (Å²) < 4.78 is 17.3. The summed E-state index contributed by atoms with van der Waals surface area (Å²) in [5.41, 5.74) is 0.878. The van der Waals surface area contributed by atoms with E-state index in [0.29, 0.717) is 38.7 Å². The maximum absolute atomic E-state index is 13.4. The molecule has 3 aromatic carbocycles. The Labute approximate surface area is 210 Å². The molecule has 4 rings (SSSR count). The number of thiocarbonyl (C=S) groups is 1. The van der Waals surface area contributed by atoms with E-state index in [9.17, 15) is 9.59 Å². The van der Waals surface area contributed by atoms with Gasteiger partial charge in [-0.1, -0.05) is 34.1 Å². The summed E-state index contributed by atoms with van der Waals surface area (Å²) in [5, 5.41) is 2.57. The van der Waals surface area contributed by atoms with Crippen LogP contribution >= 0.6 is 28.1 Å². The lowest BCUT2D eigenvalue weighted by molar-refractivity contribution is -0.122. The van der Waals surface area contributed by atoms with Gasteiger partial charge in [-0.25, -0.2) is 0 Å². The van der Waals surface area contributed by atoms with Crippen molar-refractivity contribution in [3.63, 3.8) is 0 Å². The fraction of sp³-hybridized carbons (Fsp3) is 0.0800. The number of carbonyl (C=O) groups excluding carboxylic acids is 2. The number of para-hydroxylation sites is 1. The van der Waals surface area contributed by atoms with E-state index in [2.05, 4.69) is 21.2 Å². The standard InChI is InChI=1S/C25H19BrN2O5S/c1-31-21-14-16(26)12-15(22(21)32-2)13-20-23(29)27-25(34)28(24(20)30)17-8-10-19(11-9-17)33-18-6-4-3-5-7-18/h3-14H,1-2H3,(H,27,29,34)/b20-13+. The molecule has 1 N–H and O–H groups in total. The van der Waals surface area contributed by atoms with Crippen molar-refractivity contribution in [3.05, 3.63) is 82.3 Å². The molecule has 0 spiro atoms. The molecule has 1 aliphatic heterocycles. The number of ether oxygens (including phenoxy) is 3. The van der Waals surface area contributed by atoms with Gasteiger partial charge in [0.05, 0.1) is 19.9 Å². The molecule has 0 bridgehead atoms. The molecule has 0 radical (unpaired) electrons. The summed E-state index contributed by atoms with van der Waals surface area (Å²) in [6.07, 6.45) is 1.45. The van der Waals surface area contributed by atoms with E-state index in [1.165, 1.54) is 25.2 Å². The molecular weight excluding hydrogens is 520 g/mol. The van der Waals surface area contributed by atoms with E-state index in [4.69, 9.17) is 26.4 Å². The fourth-order valence-corrected chi connectivity index (χ4v) is 4.14. The van der Waals surface area contributed by atoms with E-state index >= 15 is 0 Å². The van der Waals surface area contributed by atoms with Gasteiger partial charge in [-0.15, -0.1) is 0 Å². The first-order valence-electron chi connectivity index (χ1n) is 10.1. The third kappa shape index (κ3) is 4.80. The summed E-state index contributed by atoms with van der Waals surface area (Å²) in [6.45, 7) is 0. The van der Waals surface area contributed by atoms with Crippen molar-refractivity contribution in [2.45, 2.75) is 0 Å². The van der Waals surface area contributed by atoms with Gasteiger partial charge in [0.25, 0.3) is 11.8 Å². The Kier molecular flexibility index (Phi) is 6.95. The maximum Gasteiger partial charge on any atom is 0.270 e.